The number of anilines is 1. The Hall–Kier alpha value is -4.26. The third-order valence-electron chi connectivity index (χ3n) is 6.28. The fourth-order valence-corrected chi connectivity index (χ4v) is 4.40. The summed E-state index contributed by atoms with van der Waals surface area (Å²) in [5.74, 6) is 0.411. The number of amides is 1. The van der Waals surface area contributed by atoms with Gasteiger partial charge in [-0.25, -0.2) is 4.98 Å². The molecule has 5 rings (SSSR count). The van der Waals surface area contributed by atoms with Gasteiger partial charge in [-0.15, -0.1) is 0 Å². The average Bonchev–Trinajstić information content (AvgIpc) is 3.36. The highest BCUT2D eigenvalue weighted by Gasteiger charge is 2.33. The normalized spacial score (nSPS) is 16.9. The van der Waals surface area contributed by atoms with Gasteiger partial charge >= 0.3 is 0 Å². The number of aliphatic hydroxyl groups excluding tert-OH is 1. The molecule has 3 aromatic carbocycles. The monoisotopic (exact) mass is 478 g/mol. The molecule has 1 aromatic heterocycles. The molecule has 3 N–H and O–H groups in total. The van der Waals surface area contributed by atoms with Gasteiger partial charge in [-0.3, -0.25) is 4.79 Å². The highest BCUT2D eigenvalue weighted by Crippen LogP contribution is 2.42. The molecule has 0 spiro atoms. The minimum absolute atomic E-state index is 0.338. The summed E-state index contributed by atoms with van der Waals surface area (Å²) in [7, 11) is 0. The second-order valence-corrected chi connectivity index (χ2v) is 8.96. The van der Waals surface area contributed by atoms with Gasteiger partial charge in [-0.2, -0.15) is 0 Å². The van der Waals surface area contributed by atoms with Gasteiger partial charge in [0.2, 0.25) is 12.2 Å². The Morgan fingerprint density at radius 3 is 2.39 bits per heavy atom. The van der Waals surface area contributed by atoms with Crippen molar-refractivity contribution >= 4 is 11.6 Å². The molecular formula is C30H26N2O4. The van der Waals surface area contributed by atoms with E-state index in [9.17, 15) is 4.79 Å². The largest absolute Gasteiger partial charge is 0.440 e. The summed E-state index contributed by atoms with van der Waals surface area (Å²) in [5, 5.41) is 20.8. The lowest BCUT2D eigenvalue weighted by Gasteiger charge is -2.24. The fraction of sp³-hybridized carbons (Fsp3) is 0.133. The molecular weight excluding hydrogens is 452 g/mol. The smallest absolute Gasteiger partial charge is 0.280 e. The fourth-order valence-electron chi connectivity index (χ4n) is 4.40. The van der Waals surface area contributed by atoms with E-state index < -0.39 is 12.2 Å². The number of nitrogens with one attached hydrogen (secondary N) is 1. The van der Waals surface area contributed by atoms with Crippen molar-refractivity contribution in [3.8, 4) is 33.8 Å². The summed E-state index contributed by atoms with van der Waals surface area (Å²) in [6.45, 7) is 2.15. The highest BCUT2D eigenvalue weighted by atomic mass is 16.5. The lowest BCUT2D eigenvalue weighted by molar-refractivity contribution is -0.141. The van der Waals surface area contributed by atoms with Crippen molar-refractivity contribution in [3.05, 3.63) is 109 Å². The SMILES string of the molecule is CC1(c2oc(-c3ccccc3-c3cccc(NC(=O)C(O)O)c3)nc2-c2ccccc2)C=CC=CC1. The number of aromatic nitrogens is 1. The summed E-state index contributed by atoms with van der Waals surface area (Å²) in [4.78, 5) is 16.7. The Labute approximate surface area is 209 Å². The van der Waals surface area contributed by atoms with Crippen LogP contribution in [0.5, 0.6) is 0 Å². The van der Waals surface area contributed by atoms with E-state index >= 15 is 0 Å². The summed E-state index contributed by atoms with van der Waals surface area (Å²) in [6.07, 6.45) is 7.08. The summed E-state index contributed by atoms with van der Waals surface area (Å²) in [6, 6.07) is 25.0. The molecule has 6 heteroatoms. The van der Waals surface area contributed by atoms with Gasteiger partial charge in [0.1, 0.15) is 11.5 Å². The van der Waals surface area contributed by atoms with E-state index in [4.69, 9.17) is 19.6 Å². The number of nitrogens with zero attached hydrogens (tertiary/aromatic N) is 1. The molecule has 0 radical (unpaired) electrons. The van der Waals surface area contributed by atoms with Crippen LogP contribution in [-0.4, -0.2) is 27.4 Å². The van der Waals surface area contributed by atoms with E-state index in [-0.39, 0.29) is 5.41 Å². The Morgan fingerprint density at radius 2 is 1.67 bits per heavy atom. The van der Waals surface area contributed by atoms with Crippen molar-refractivity contribution in [2.24, 2.45) is 0 Å². The van der Waals surface area contributed by atoms with Crippen LogP contribution in [0.1, 0.15) is 19.1 Å². The van der Waals surface area contributed by atoms with Gasteiger partial charge in [0.05, 0.1) is 0 Å². The minimum Gasteiger partial charge on any atom is -0.440 e. The van der Waals surface area contributed by atoms with Crippen LogP contribution in [0, 0.1) is 0 Å². The summed E-state index contributed by atoms with van der Waals surface area (Å²) < 4.78 is 6.55. The number of carbonyl (C=O) groups excluding carboxylic acids is 1. The Bertz CT molecular complexity index is 1450. The molecule has 180 valence electrons. The molecule has 1 heterocycles. The first kappa shape index (κ1) is 23.5. The lowest BCUT2D eigenvalue weighted by Crippen LogP contribution is -2.26. The molecule has 1 aliphatic carbocycles. The van der Waals surface area contributed by atoms with Gasteiger partial charge in [-0.05, 0) is 42.7 Å². The molecule has 1 aliphatic rings. The maximum atomic E-state index is 11.8. The van der Waals surface area contributed by atoms with Crippen LogP contribution < -0.4 is 5.32 Å². The maximum Gasteiger partial charge on any atom is 0.280 e. The number of aliphatic hydroxyl groups is 2. The molecule has 6 nitrogen and oxygen atoms in total. The number of benzene rings is 3. The molecule has 1 amide bonds. The van der Waals surface area contributed by atoms with Crippen LogP contribution in [0.4, 0.5) is 5.69 Å². The van der Waals surface area contributed by atoms with Crippen LogP contribution in [-0.2, 0) is 10.2 Å². The average molecular weight is 479 g/mol. The van der Waals surface area contributed by atoms with Crippen LogP contribution in [0.2, 0.25) is 0 Å². The summed E-state index contributed by atoms with van der Waals surface area (Å²) >= 11 is 0. The van der Waals surface area contributed by atoms with Crippen LogP contribution in [0.3, 0.4) is 0 Å². The molecule has 4 aromatic rings. The van der Waals surface area contributed by atoms with Crippen molar-refractivity contribution in [1.82, 2.24) is 4.98 Å². The lowest BCUT2D eigenvalue weighted by atomic mass is 9.80. The van der Waals surface area contributed by atoms with Gasteiger partial charge in [-0.1, -0.05) is 85.0 Å². The topological polar surface area (TPSA) is 95.6 Å². The van der Waals surface area contributed by atoms with Crippen molar-refractivity contribution in [3.63, 3.8) is 0 Å². The molecule has 0 aliphatic heterocycles. The zero-order valence-electron chi connectivity index (χ0n) is 19.8. The Kier molecular flexibility index (Phi) is 6.38. The molecule has 0 saturated heterocycles. The first-order chi connectivity index (χ1) is 17.4. The van der Waals surface area contributed by atoms with E-state index in [1.165, 1.54) is 0 Å². The van der Waals surface area contributed by atoms with Gasteiger partial charge in [0.25, 0.3) is 5.91 Å². The first-order valence-corrected chi connectivity index (χ1v) is 11.7. The predicted octanol–water partition coefficient (Wildman–Crippen LogP) is 5.70. The van der Waals surface area contributed by atoms with Crippen molar-refractivity contribution in [2.45, 2.75) is 25.0 Å². The zero-order chi connectivity index (χ0) is 25.1. The molecule has 36 heavy (non-hydrogen) atoms. The molecule has 1 atom stereocenters. The standard InChI is InChI=1S/C30H26N2O4/c1-30(17-8-3-9-18-30)26-25(20-11-4-2-5-12-20)32-28(36-26)24-16-7-6-15-23(24)21-13-10-14-22(19-21)31-27(33)29(34)35/h2-17,19,29,34-35H,18H2,1H3,(H,31,33). The first-order valence-electron chi connectivity index (χ1n) is 11.7. The maximum absolute atomic E-state index is 11.8. The van der Waals surface area contributed by atoms with Crippen molar-refractivity contribution in [1.29, 1.82) is 0 Å². The van der Waals surface area contributed by atoms with Crippen LogP contribution in [0.15, 0.2) is 108 Å². The van der Waals surface area contributed by atoms with E-state index in [1.807, 2.05) is 72.8 Å². The van der Waals surface area contributed by atoms with Crippen molar-refractivity contribution in [2.75, 3.05) is 5.32 Å². The van der Waals surface area contributed by atoms with Gasteiger partial charge < -0.3 is 19.9 Å². The third kappa shape index (κ3) is 4.64. The van der Waals surface area contributed by atoms with Crippen molar-refractivity contribution < 1.29 is 19.4 Å². The number of hydrogen-bond acceptors (Lipinski definition) is 5. The quantitative estimate of drug-likeness (QED) is 0.309. The van der Waals surface area contributed by atoms with Gasteiger partial charge in [0.15, 0.2) is 0 Å². The Balaban J connectivity index is 1.62. The number of oxazole rings is 1. The zero-order valence-corrected chi connectivity index (χ0v) is 19.8. The third-order valence-corrected chi connectivity index (χ3v) is 6.28. The number of hydrogen-bond donors (Lipinski definition) is 3. The Morgan fingerprint density at radius 1 is 0.944 bits per heavy atom. The highest BCUT2D eigenvalue weighted by molar-refractivity contribution is 5.94. The van der Waals surface area contributed by atoms with E-state index in [1.54, 1.807) is 18.2 Å². The number of allylic oxidation sites excluding steroid dienone is 4. The second-order valence-electron chi connectivity index (χ2n) is 8.96. The second kappa shape index (κ2) is 9.77. The summed E-state index contributed by atoms with van der Waals surface area (Å²) in [5.41, 5.74) is 4.40. The molecule has 0 saturated carbocycles. The van der Waals surface area contributed by atoms with E-state index in [2.05, 4.69) is 24.4 Å². The predicted molar refractivity (Wildman–Crippen MR) is 140 cm³/mol. The van der Waals surface area contributed by atoms with Gasteiger partial charge in [0, 0.05) is 22.2 Å². The minimum atomic E-state index is -2.09. The van der Waals surface area contributed by atoms with Crippen LogP contribution in [0.25, 0.3) is 33.8 Å². The number of carbonyl (C=O) groups is 1. The van der Waals surface area contributed by atoms with E-state index in [0.717, 1.165) is 40.1 Å². The van der Waals surface area contributed by atoms with Crippen LogP contribution >= 0.6 is 0 Å². The van der Waals surface area contributed by atoms with E-state index in [0.29, 0.717) is 11.6 Å². The number of rotatable bonds is 6. The molecule has 0 fully saturated rings. The molecule has 1 unspecified atom stereocenters. The molecule has 0 bridgehead atoms.